The van der Waals surface area contributed by atoms with Crippen molar-refractivity contribution in [3.05, 3.63) is 35.4 Å². The lowest BCUT2D eigenvalue weighted by atomic mass is 10.1. The van der Waals surface area contributed by atoms with Gasteiger partial charge in [0.15, 0.2) is 0 Å². The van der Waals surface area contributed by atoms with E-state index >= 15 is 0 Å². The standard InChI is InChI=1S/C13H20N2/c14-7-2-8-15-10-11-3-1-4-13(9-11)12-5-6-12/h1,3-4,9,12,15H,2,5-8,10,14H2. The SMILES string of the molecule is NCCCNCc1cccc(C2CC2)c1. The predicted octanol–water partition coefficient (Wildman–Crippen LogP) is 2.00. The van der Waals surface area contributed by atoms with Crippen molar-refractivity contribution in [2.24, 2.45) is 5.73 Å². The summed E-state index contributed by atoms with van der Waals surface area (Å²) in [5.41, 5.74) is 8.36. The topological polar surface area (TPSA) is 38.0 Å². The van der Waals surface area contributed by atoms with E-state index in [0.29, 0.717) is 0 Å². The van der Waals surface area contributed by atoms with Gasteiger partial charge in [0.2, 0.25) is 0 Å². The highest BCUT2D eigenvalue weighted by Crippen LogP contribution is 2.40. The summed E-state index contributed by atoms with van der Waals surface area (Å²) in [5, 5.41) is 3.41. The molecule has 1 saturated carbocycles. The molecular formula is C13H20N2. The monoisotopic (exact) mass is 204 g/mol. The zero-order valence-electron chi connectivity index (χ0n) is 9.21. The van der Waals surface area contributed by atoms with E-state index in [-0.39, 0.29) is 0 Å². The van der Waals surface area contributed by atoms with Crippen molar-refractivity contribution in [1.29, 1.82) is 0 Å². The predicted molar refractivity (Wildman–Crippen MR) is 63.8 cm³/mol. The summed E-state index contributed by atoms with van der Waals surface area (Å²) in [6, 6.07) is 8.96. The van der Waals surface area contributed by atoms with E-state index in [0.717, 1.165) is 32.0 Å². The Morgan fingerprint density at radius 2 is 2.20 bits per heavy atom. The van der Waals surface area contributed by atoms with Gasteiger partial charge in [-0.15, -0.1) is 0 Å². The fraction of sp³-hybridized carbons (Fsp3) is 0.538. The summed E-state index contributed by atoms with van der Waals surface area (Å²) >= 11 is 0. The minimum atomic E-state index is 0.773. The second-order valence-electron chi connectivity index (χ2n) is 4.34. The fourth-order valence-corrected chi connectivity index (χ4v) is 1.83. The first-order chi connectivity index (χ1) is 7.40. The van der Waals surface area contributed by atoms with Gasteiger partial charge < -0.3 is 11.1 Å². The summed E-state index contributed by atoms with van der Waals surface area (Å²) in [5.74, 6) is 0.856. The minimum absolute atomic E-state index is 0.773. The van der Waals surface area contributed by atoms with E-state index in [1.54, 1.807) is 0 Å². The van der Waals surface area contributed by atoms with Crippen molar-refractivity contribution >= 4 is 0 Å². The molecule has 1 aromatic carbocycles. The quantitative estimate of drug-likeness (QED) is 0.696. The first-order valence-corrected chi connectivity index (χ1v) is 5.90. The Bertz CT molecular complexity index is 305. The zero-order chi connectivity index (χ0) is 10.5. The summed E-state index contributed by atoms with van der Waals surface area (Å²) in [6.45, 7) is 2.76. The molecule has 0 radical (unpaired) electrons. The largest absolute Gasteiger partial charge is 0.330 e. The number of nitrogens with two attached hydrogens (primary N) is 1. The number of hydrogen-bond acceptors (Lipinski definition) is 2. The molecule has 0 unspecified atom stereocenters. The molecule has 2 heteroatoms. The molecule has 0 aromatic heterocycles. The molecule has 0 heterocycles. The third-order valence-corrected chi connectivity index (χ3v) is 2.89. The van der Waals surface area contributed by atoms with Crippen LogP contribution in [0.25, 0.3) is 0 Å². The molecule has 82 valence electrons. The summed E-state index contributed by atoms with van der Waals surface area (Å²) in [6.07, 6.45) is 3.82. The maximum absolute atomic E-state index is 5.44. The van der Waals surface area contributed by atoms with Crippen molar-refractivity contribution in [3.63, 3.8) is 0 Å². The van der Waals surface area contributed by atoms with Crippen LogP contribution in [0.1, 0.15) is 36.3 Å². The summed E-state index contributed by atoms with van der Waals surface area (Å²) in [4.78, 5) is 0. The van der Waals surface area contributed by atoms with E-state index < -0.39 is 0 Å². The molecule has 2 rings (SSSR count). The van der Waals surface area contributed by atoms with Gasteiger partial charge in [-0.25, -0.2) is 0 Å². The fourth-order valence-electron chi connectivity index (χ4n) is 1.83. The van der Waals surface area contributed by atoms with Crippen LogP contribution >= 0.6 is 0 Å². The Balaban J connectivity index is 1.82. The Morgan fingerprint density at radius 1 is 1.33 bits per heavy atom. The third kappa shape index (κ3) is 3.33. The van der Waals surface area contributed by atoms with Crippen molar-refractivity contribution in [2.75, 3.05) is 13.1 Å². The van der Waals surface area contributed by atoms with Crippen LogP contribution in [0.15, 0.2) is 24.3 Å². The zero-order valence-corrected chi connectivity index (χ0v) is 9.21. The molecule has 0 saturated heterocycles. The van der Waals surface area contributed by atoms with Crippen LogP contribution < -0.4 is 11.1 Å². The molecule has 2 nitrogen and oxygen atoms in total. The van der Waals surface area contributed by atoms with E-state index in [2.05, 4.69) is 29.6 Å². The third-order valence-electron chi connectivity index (χ3n) is 2.89. The smallest absolute Gasteiger partial charge is 0.0205 e. The molecule has 15 heavy (non-hydrogen) atoms. The molecule has 3 N–H and O–H groups in total. The maximum atomic E-state index is 5.44. The van der Waals surface area contributed by atoms with E-state index in [1.807, 2.05) is 0 Å². The number of rotatable bonds is 6. The lowest BCUT2D eigenvalue weighted by Gasteiger charge is -2.05. The first kappa shape index (κ1) is 10.7. The summed E-state index contributed by atoms with van der Waals surface area (Å²) < 4.78 is 0. The molecule has 0 aliphatic heterocycles. The van der Waals surface area contributed by atoms with Crippen LogP contribution in [0, 0.1) is 0 Å². The number of hydrogen-bond donors (Lipinski definition) is 2. The molecule has 1 aliphatic carbocycles. The lowest BCUT2D eigenvalue weighted by molar-refractivity contribution is 0.655. The Labute approximate surface area is 91.9 Å². The van der Waals surface area contributed by atoms with Crippen LogP contribution in [-0.2, 0) is 6.54 Å². The average Bonchev–Trinajstić information content (AvgIpc) is 3.09. The summed E-state index contributed by atoms with van der Waals surface area (Å²) in [7, 11) is 0. The molecule has 0 bridgehead atoms. The van der Waals surface area contributed by atoms with Gasteiger partial charge in [-0.3, -0.25) is 0 Å². The van der Waals surface area contributed by atoms with Crippen LogP contribution in [-0.4, -0.2) is 13.1 Å². The molecule has 1 aliphatic rings. The molecule has 0 spiro atoms. The highest BCUT2D eigenvalue weighted by molar-refractivity contribution is 5.28. The molecule has 0 amide bonds. The normalized spacial score (nSPS) is 15.5. The Kier molecular flexibility index (Phi) is 3.75. The molecule has 1 fully saturated rings. The van der Waals surface area contributed by atoms with Gasteiger partial charge >= 0.3 is 0 Å². The van der Waals surface area contributed by atoms with Crippen LogP contribution in [0.2, 0.25) is 0 Å². The van der Waals surface area contributed by atoms with Crippen LogP contribution in [0.3, 0.4) is 0 Å². The average molecular weight is 204 g/mol. The van der Waals surface area contributed by atoms with Crippen LogP contribution in [0.5, 0.6) is 0 Å². The van der Waals surface area contributed by atoms with Crippen molar-refractivity contribution in [2.45, 2.75) is 31.7 Å². The van der Waals surface area contributed by atoms with Gasteiger partial charge in [0.1, 0.15) is 0 Å². The second kappa shape index (κ2) is 5.29. The molecule has 0 atom stereocenters. The van der Waals surface area contributed by atoms with Gasteiger partial charge in [0.25, 0.3) is 0 Å². The number of benzene rings is 1. The highest BCUT2D eigenvalue weighted by atomic mass is 14.8. The maximum Gasteiger partial charge on any atom is 0.0205 e. The molecule has 1 aromatic rings. The first-order valence-electron chi connectivity index (χ1n) is 5.90. The Morgan fingerprint density at radius 3 is 2.93 bits per heavy atom. The second-order valence-corrected chi connectivity index (χ2v) is 4.34. The lowest BCUT2D eigenvalue weighted by Crippen LogP contribution is -2.17. The van der Waals surface area contributed by atoms with Crippen molar-refractivity contribution in [3.8, 4) is 0 Å². The van der Waals surface area contributed by atoms with Crippen LogP contribution in [0.4, 0.5) is 0 Å². The van der Waals surface area contributed by atoms with E-state index in [1.165, 1.54) is 24.0 Å². The minimum Gasteiger partial charge on any atom is -0.330 e. The van der Waals surface area contributed by atoms with Crippen molar-refractivity contribution < 1.29 is 0 Å². The Hall–Kier alpha value is -0.860. The highest BCUT2D eigenvalue weighted by Gasteiger charge is 2.23. The molecular weight excluding hydrogens is 184 g/mol. The van der Waals surface area contributed by atoms with Crippen molar-refractivity contribution in [1.82, 2.24) is 5.32 Å². The van der Waals surface area contributed by atoms with Gasteiger partial charge in [-0.2, -0.15) is 0 Å². The number of nitrogens with one attached hydrogen (secondary N) is 1. The van der Waals surface area contributed by atoms with Gasteiger partial charge in [-0.05, 0) is 49.4 Å². The van der Waals surface area contributed by atoms with Gasteiger partial charge in [0.05, 0.1) is 0 Å². The van der Waals surface area contributed by atoms with Gasteiger partial charge in [0, 0.05) is 6.54 Å². The van der Waals surface area contributed by atoms with Gasteiger partial charge in [-0.1, -0.05) is 24.3 Å². The van der Waals surface area contributed by atoms with E-state index in [4.69, 9.17) is 5.73 Å². The van der Waals surface area contributed by atoms with E-state index in [9.17, 15) is 0 Å².